The number of nitrogens with zero attached hydrogens (tertiary/aromatic N) is 3. The molecule has 0 unspecified atom stereocenters. The quantitative estimate of drug-likeness (QED) is 0.901. The number of nitrogens with one attached hydrogen (secondary N) is 1. The first-order valence-electron chi connectivity index (χ1n) is 6.63. The summed E-state index contributed by atoms with van der Waals surface area (Å²) in [5.41, 5.74) is 8.02. The zero-order chi connectivity index (χ0) is 13.4. The third-order valence-corrected chi connectivity index (χ3v) is 4.45. The van der Waals surface area contributed by atoms with E-state index < -0.39 is 0 Å². The third-order valence-electron chi connectivity index (χ3n) is 3.33. The van der Waals surface area contributed by atoms with Crippen molar-refractivity contribution in [2.75, 3.05) is 18.8 Å². The van der Waals surface area contributed by atoms with Gasteiger partial charge in [-0.15, -0.1) is 11.3 Å². The molecule has 3 N–H and O–H groups in total. The highest BCUT2D eigenvalue weighted by Crippen LogP contribution is 2.33. The number of aromatic amines is 1. The molecule has 0 spiro atoms. The van der Waals surface area contributed by atoms with Crippen LogP contribution in [0.25, 0.3) is 10.6 Å². The summed E-state index contributed by atoms with van der Waals surface area (Å²) >= 11 is 1.75. The van der Waals surface area contributed by atoms with Crippen LogP contribution in [0, 0.1) is 5.92 Å². The fraction of sp³-hybridized carbons (Fsp3) is 0.538. The van der Waals surface area contributed by atoms with Gasteiger partial charge in [0.15, 0.2) is 0 Å². The molecule has 2 aromatic heterocycles. The minimum atomic E-state index is 0.602. The van der Waals surface area contributed by atoms with Gasteiger partial charge in [0.25, 0.3) is 0 Å². The molecule has 5 nitrogen and oxygen atoms in total. The van der Waals surface area contributed by atoms with Gasteiger partial charge in [-0.2, -0.15) is 5.10 Å². The summed E-state index contributed by atoms with van der Waals surface area (Å²) < 4.78 is 0. The highest BCUT2D eigenvalue weighted by Gasteiger charge is 2.22. The number of thiazole rings is 1. The average molecular weight is 277 g/mol. The molecule has 102 valence electrons. The van der Waals surface area contributed by atoms with E-state index in [-0.39, 0.29) is 0 Å². The highest BCUT2D eigenvalue weighted by molar-refractivity contribution is 7.15. The van der Waals surface area contributed by atoms with Crippen LogP contribution in [0.2, 0.25) is 0 Å². The van der Waals surface area contributed by atoms with Crippen LogP contribution in [0.4, 0.5) is 5.82 Å². The molecule has 2 aromatic rings. The molecule has 6 heteroatoms. The first kappa shape index (κ1) is 12.6. The lowest BCUT2D eigenvalue weighted by atomic mass is 10.1. The van der Waals surface area contributed by atoms with E-state index in [2.05, 4.69) is 28.9 Å². The Morgan fingerprint density at radius 2 is 2.37 bits per heavy atom. The SMILES string of the molecule is CC(C)CN1CCc2nc(-c3cn[nH]c3N)sc2C1. The Kier molecular flexibility index (Phi) is 3.28. The number of aromatic nitrogens is 3. The summed E-state index contributed by atoms with van der Waals surface area (Å²) in [7, 11) is 0. The maximum absolute atomic E-state index is 5.86. The molecule has 0 bridgehead atoms. The second kappa shape index (κ2) is 4.94. The number of rotatable bonds is 3. The van der Waals surface area contributed by atoms with Gasteiger partial charge >= 0.3 is 0 Å². The molecule has 3 rings (SSSR count). The molecule has 1 aliphatic heterocycles. The Bertz CT molecular complexity index is 571. The lowest BCUT2D eigenvalue weighted by Gasteiger charge is -2.27. The van der Waals surface area contributed by atoms with E-state index >= 15 is 0 Å². The smallest absolute Gasteiger partial charge is 0.129 e. The van der Waals surface area contributed by atoms with E-state index in [0.717, 1.165) is 36.6 Å². The number of fused-ring (bicyclic) bond motifs is 1. The Morgan fingerprint density at radius 3 is 3.05 bits per heavy atom. The summed E-state index contributed by atoms with van der Waals surface area (Å²) in [6.45, 7) is 7.80. The maximum atomic E-state index is 5.86. The van der Waals surface area contributed by atoms with Crippen LogP contribution in [-0.4, -0.2) is 33.2 Å². The molecule has 19 heavy (non-hydrogen) atoms. The van der Waals surface area contributed by atoms with Crippen LogP contribution in [0.15, 0.2) is 6.20 Å². The van der Waals surface area contributed by atoms with E-state index in [1.165, 1.54) is 10.6 Å². The molecule has 0 atom stereocenters. The summed E-state index contributed by atoms with van der Waals surface area (Å²) in [5.74, 6) is 1.31. The predicted molar refractivity (Wildman–Crippen MR) is 77.9 cm³/mol. The van der Waals surface area contributed by atoms with Crippen molar-refractivity contribution in [3.05, 3.63) is 16.8 Å². The van der Waals surface area contributed by atoms with Gasteiger partial charge in [-0.05, 0) is 5.92 Å². The second-order valence-electron chi connectivity index (χ2n) is 5.47. The Hall–Kier alpha value is -1.40. The molecular weight excluding hydrogens is 258 g/mol. The van der Waals surface area contributed by atoms with Crippen molar-refractivity contribution >= 4 is 17.2 Å². The standard InChI is InChI=1S/C13H19N5S/c1-8(2)6-18-4-3-10-11(7-18)19-13(16-10)9-5-15-17-12(9)14/h5,8H,3-4,6-7H2,1-2H3,(H3,14,15,17). The average Bonchev–Trinajstić information content (AvgIpc) is 2.93. The lowest BCUT2D eigenvalue weighted by molar-refractivity contribution is 0.228. The normalized spacial score (nSPS) is 15.9. The van der Waals surface area contributed by atoms with Gasteiger partial charge in [0, 0.05) is 30.9 Å². The topological polar surface area (TPSA) is 70.8 Å². The number of hydrogen-bond acceptors (Lipinski definition) is 5. The zero-order valence-corrected chi connectivity index (χ0v) is 12.1. The third kappa shape index (κ3) is 2.50. The Labute approximate surface area is 116 Å². The van der Waals surface area contributed by atoms with Crippen LogP contribution < -0.4 is 5.73 Å². The largest absolute Gasteiger partial charge is 0.383 e. The van der Waals surface area contributed by atoms with E-state index in [9.17, 15) is 0 Å². The van der Waals surface area contributed by atoms with Gasteiger partial charge in [0.2, 0.25) is 0 Å². The molecule has 3 heterocycles. The maximum Gasteiger partial charge on any atom is 0.129 e. The zero-order valence-electron chi connectivity index (χ0n) is 11.3. The van der Waals surface area contributed by atoms with Crippen LogP contribution in [0.5, 0.6) is 0 Å². The van der Waals surface area contributed by atoms with E-state index in [1.807, 2.05) is 0 Å². The summed E-state index contributed by atoms with van der Waals surface area (Å²) in [5, 5.41) is 7.72. The first-order valence-corrected chi connectivity index (χ1v) is 7.45. The highest BCUT2D eigenvalue weighted by atomic mass is 32.1. The van der Waals surface area contributed by atoms with Crippen molar-refractivity contribution in [2.24, 2.45) is 5.92 Å². The van der Waals surface area contributed by atoms with Crippen LogP contribution >= 0.6 is 11.3 Å². The number of anilines is 1. The van der Waals surface area contributed by atoms with Gasteiger partial charge < -0.3 is 5.73 Å². The van der Waals surface area contributed by atoms with Crippen molar-refractivity contribution in [3.63, 3.8) is 0 Å². The van der Waals surface area contributed by atoms with E-state index in [0.29, 0.717) is 11.7 Å². The molecule has 0 aliphatic carbocycles. The Morgan fingerprint density at radius 1 is 1.53 bits per heavy atom. The monoisotopic (exact) mass is 277 g/mol. The van der Waals surface area contributed by atoms with Crippen molar-refractivity contribution in [3.8, 4) is 10.6 Å². The first-order chi connectivity index (χ1) is 9.13. The van der Waals surface area contributed by atoms with E-state index in [1.54, 1.807) is 17.5 Å². The second-order valence-corrected chi connectivity index (χ2v) is 6.55. The minimum absolute atomic E-state index is 0.602. The van der Waals surface area contributed by atoms with Crippen LogP contribution in [-0.2, 0) is 13.0 Å². The van der Waals surface area contributed by atoms with Crippen molar-refractivity contribution < 1.29 is 0 Å². The number of nitrogen functional groups attached to an aromatic ring is 1. The van der Waals surface area contributed by atoms with Crippen LogP contribution in [0.1, 0.15) is 24.4 Å². The number of hydrogen-bond donors (Lipinski definition) is 2. The number of H-pyrrole nitrogens is 1. The van der Waals surface area contributed by atoms with Crippen molar-refractivity contribution in [1.82, 2.24) is 20.1 Å². The fourth-order valence-corrected chi connectivity index (χ4v) is 3.68. The van der Waals surface area contributed by atoms with E-state index in [4.69, 9.17) is 10.7 Å². The van der Waals surface area contributed by atoms with Crippen molar-refractivity contribution in [1.29, 1.82) is 0 Å². The molecule has 0 aromatic carbocycles. The summed E-state index contributed by atoms with van der Waals surface area (Å²) in [6.07, 6.45) is 2.79. The lowest BCUT2D eigenvalue weighted by Crippen LogP contribution is -2.32. The van der Waals surface area contributed by atoms with Gasteiger partial charge in [-0.3, -0.25) is 10.00 Å². The molecular formula is C13H19N5S. The van der Waals surface area contributed by atoms with Gasteiger partial charge in [-0.25, -0.2) is 4.98 Å². The van der Waals surface area contributed by atoms with Crippen LogP contribution in [0.3, 0.4) is 0 Å². The summed E-state index contributed by atoms with van der Waals surface area (Å²) in [6, 6.07) is 0. The van der Waals surface area contributed by atoms with Gasteiger partial charge in [0.05, 0.1) is 17.5 Å². The molecule has 0 fully saturated rings. The van der Waals surface area contributed by atoms with Crippen molar-refractivity contribution in [2.45, 2.75) is 26.8 Å². The molecule has 0 saturated heterocycles. The Balaban J connectivity index is 1.83. The number of nitrogens with two attached hydrogens (primary N) is 1. The molecule has 1 aliphatic rings. The molecule has 0 amide bonds. The fourth-order valence-electron chi connectivity index (χ4n) is 2.50. The molecule has 0 saturated carbocycles. The minimum Gasteiger partial charge on any atom is -0.383 e. The summed E-state index contributed by atoms with van der Waals surface area (Å²) in [4.78, 5) is 8.60. The predicted octanol–water partition coefficient (Wildman–Crippen LogP) is 2.13. The van der Waals surface area contributed by atoms with Gasteiger partial charge in [-0.1, -0.05) is 13.8 Å². The van der Waals surface area contributed by atoms with Gasteiger partial charge in [0.1, 0.15) is 10.8 Å². The molecule has 0 radical (unpaired) electrons.